The minimum atomic E-state index is -4.53. The quantitative estimate of drug-likeness (QED) is 0.841. The molecule has 2 aromatic carbocycles. The molecule has 0 spiro atoms. The average molecular weight is 367 g/mol. The van der Waals surface area contributed by atoms with Crippen LogP contribution in [0.5, 0.6) is 0 Å². The number of nitrogens with one attached hydrogen (secondary N) is 1. The van der Waals surface area contributed by atoms with Crippen molar-refractivity contribution in [3.05, 3.63) is 71.3 Å². The molecular formula is C18H16F3NO4. The van der Waals surface area contributed by atoms with Crippen molar-refractivity contribution in [1.82, 2.24) is 5.32 Å². The number of hydrogen-bond donors (Lipinski definition) is 1. The van der Waals surface area contributed by atoms with Gasteiger partial charge in [-0.1, -0.05) is 42.5 Å². The Kier molecular flexibility index (Phi) is 5.54. The number of ether oxygens (including phenoxy) is 2. The molecule has 2 rings (SSSR count). The topological polar surface area (TPSA) is 64.6 Å². The molecule has 1 amide bonds. The second-order valence-corrected chi connectivity index (χ2v) is 5.30. The van der Waals surface area contributed by atoms with E-state index >= 15 is 0 Å². The Morgan fingerprint density at radius 2 is 1.31 bits per heavy atom. The average Bonchev–Trinajstić information content (AvgIpc) is 2.65. The summed E-state index contributed by atoms with van der Waals surface area (Å²) in [6.07, 6.45) is -5.48. The zero-order valence-electron chi connectivity index (χ0n) is 14.0. The molecule has 26 heavy (non-hydrogen) atoms. The minimum absolute atomic E-state index is 0.0916. The molecule has 0 unspecified atom stereocenters. The van der Waals surface area contributed by atoms with Crippen molar-refractivity contribution in [3.8, 4) is 0 Å². The van der Waals surface area contributed by atoms with Crippen LogP contribution in [0.3, 0.4) is 0 Å². The molecule has 0 aliphatic carbocycles. The van der Waals surface area contributed by atoms with E-state index in [-0.39, 0.29) is 5.56 Å². The van der Waals surface area contributed by atoms with Gasteiger partial charge in [-0.05, 0) is 23.3 Å². The Morgan fingerprint density at radius 1 is 0.808 bits per heavy atom. The van der Waals surface area contributed by atoms with Crippen LogP contribution in [0.15, 0.2) is 54.6 Å². The van der Waals surface area contributed by atoms with Crippen LogP contribution >= 0.6 is 0 Å². The maximum atomic E-state index is 12.8. The molecule has 1 atom stereocenters. The van der Waals surface area contributed by atoms with Gasteiger partial charge < -0.3 is 9.47 Å². The van der Waals surface area contributed by atoms with Gasteiger partial charge in [-0.3, -0.25) is 5.32 Å². The lowest BCUT2D eigenvalue weighted by molar-refractivity contribution is -0.147. The summed E-state index contributed by atoms with van der Waals surface area (Å²) in [7, 11) is 2.22. The highest BCUT2D eigenvalue weighted by molar-refractivity contribution is 5.91. The van der Waals surface area contributed by atoms with Crippen LogP contribution < -0.4 is 5.32 Å². The van der Waals surface area contributed by atoms with Crippen LogP contribution in [0.2, 0.25) is 0 Å². The third kappa shape index (κ3) is 3.63. The fourth-order valence-electron chi connectivity index (χ4n) is 2.55. The van der Waals surface area contributed by atoms with Gasteiger partial charge in [0.05, 0.1) is 19.8 Å². The lowest BCUT2D eigenvalue weighted by atomic mass is 9.82. The van der Waals surface area contributed by atoms with Gasteiger partial charge in [0.15, 0.2) is 5.54 Å². The van der Waals surface area contributed by atoms with E-state index < -0.39 is 29.3 Å². The fourth-order valence-corrected chi connectivity index (χ4v) is 2.55. The summed E-state index contributed by atoms with van der Waals surface area (Å²) >= 11 is 0. The molecule has 5 nitrogen and oxygen atoms in total. The highest BCUT2D eigenvalue weighted by Crippen LogP contribution is 2.35. The van der Waals surface area contributed by atoms with Crippen LogP contribution in [0, 0.1) is 0 Å². The minimum Gasteiger partial charge on any atom is -0.467 e. The first-order valence-corrected chi connectivity index (χ1v) is 7.43. The number of benzene rings is 2. The first-order chi connectivity index (χ1) is 12.3. The molecule has 0 saturated heterocycles. The van der Waals surface area contributed by atoms with Gasteiger partial charge in [0.2, 0.25) is 0 Å². The lowest BCUT2D eigenvalue weighted by Crippen LogP contribution is -2.53. The Bertz CT molecular complexity index is 775. The van der Waals surface area contributed by atoms with Gasteiger partial charge >= 0.3 is 18.2 Å². The van der Waals surface area contributed by atoms with Gasteiger partial charge in [0, 0.05) is 0 Å². The fraction of sp³-hybridized carbons (Fsp3) is 0.222. The molecule has 0 bridgehead atoms. The van der Waals surface area contributed by atoms with Crippen molar-refractivity contribution < 1.29 is 32.2 Å². The maximum absolute atomic E-state index is 12.8. The largest absolute Gasteiger partial charge is 0.467 e. The van der Waals surface area contributed by atoms with Crippen LogP contribution in [0.4, 0.5) is 18.0 Å². The molecule has 2 aromatic rings. The normalized spacial score (nSPS) is 13.4. The first-order valence-electron chi connectivity index (χ1n) is 7.43. The van der Waals surface area contributed by atoms with Crippen molar-refractivity contribution in [1.29, 1.82) is 0 Å². The van der Waals surface area contributed by atoms with E-state index in [2.05, 4.69) is 10.1 Å². The van der Waals surface area contributed by atoms with E-state index in [0.717, 1.165) is 38.5 Å². The molecule has 138 valence electrons. The zero-order valence-corrected chi connectivity index (χ0v) is 14.0. The predicted molar refractivity (Wildman–Crippen MR) is 86.2 cm³/mol. The number of hydrogen-bond acceptors (Lipinski definition) is 4. The van der Waals surface area contributed by atoms with Gasteiger partial charge in [-0.15, -0.1) is 0 Å². The highest BCUT2D eigenvalue weighted by atomic mass is 19.4. The van der Waals surface area contributed by atoms with Gasteiger partial charge in [0.1, 0.15) is 0 Å². The number of alkyl halides is 3. The smallest absolute Gasteiger partial charge is 0.416 e. The number of methoxy groups -OCH3 is 2. The van der Waals surface area contributed by atoms with E-state index in [0.29, 0.717) is 5.56 Å². The van der Waals surface area contributed by atoms with E-state index in [1.54, 1.807) is 30.3 Å². The third-order valence-electron chi connectivity index (χ3n) is 3.82. The van der Waals surface area contributed by atoms with E-state index in [4.69, 9.17) is 4.74 Å². The second kappa shape index (κ2) is 7.47. The number of rotatable bonds is 4. The molecule has 1 N–H and O–H groups in total. The van der Waals surface area contributed by atoms with E-state index in [9.17, 15) is 22.8 Å². The number of alkyl carbamates (subject to hydrolysis) is 1. The van der Waals surface area contributed by atoms with E-state index in [1.165, 1.54) is 0 Å². The van der Waals surface area contributed by atoms with E-state index in [1.807, 2.05) is 0 Å². The first kappa shape index (κ1) is 19.3. The summed E-state index contributed by atoms with van der Waals surface area (Å²) in [6.45, 7) is 0. The standard InChI is InChI=1S/C18H16F3NO4/c1-25-15(23)17(22-16(24)26-2,12-6-4-3-5-7-12)13-8-10-14(11-9-13)18(19,20)21/h3-11H,1-2H3,(H,22,24)/t17-/m1/s1. The zero-order chi connectivity index (χ0) is 19.4. The number of carbonyl (C=O) groups is 2. The summed E-state index contributed by atoms with van der Waals surface area (Å²) in [5.74, 6) is -0.881. The molecular weight excluding hydrogens is 351 g/mol. The Labute approximate surface area is 147 Å². The summed E-state index contributed by atoms with van der Waals surface area (Å²) in [5.41, 5.74) is -2.36. The Morgan fingerprint density at radius 3 is 1.77 bits per heavy atom. The monoisotopic (exact) mass is 367 g/mol. The summed E-state index contributed by atoms with van der Waals surface area (Å²) in [5, 5.41) is 2.40. The molecule has 0 aromatic heterocycles. The van der Waals surface area contributed by atoms with Crippen molar-refractivity contribution in [2.75, 3.05) is 14.2 Å². The summed E-state index contributed by atoms with van der Waals surface area (Å²) in [6, 6.07) is 11.9. The highest BCUT2D eigenvalue weighted by Gasteiger charge is 2.45. The summed E-state index contributed by atoms with van der Waals surface area (Å²) < 4.78 is 48.0. The number of carbonyl (C=O) groups excluding carboxylic acids is 2. The van der Waals surface area contributed by atoms with Crippen molar-refractivity contribution in [2.24, 2.45) is 0 Å². The van der Waals surface area contributed by atoms with Crippen molar-refractivity contribution in [3.63, 3.8) is 0 Å². The van der Waals surface area contributed by atoms with Crippen LogP contribution in [-0.4, -0.2) is 26.3 Å². The third-order valence-corrected chi connectivity index (χ3v) is 3.82. The molecule has 0 fully saturated rings. The van der Waals surface area contributed by atoms with Crippen molar-refractivity contribution >= 4 is 12.1 Å². The SMILES string of the molecule is COC(=O)N[C@](C(=O)OC)(c1ccccc1)c1ccc(C(F)(F)F)cc1. The van der Waals surface area contributed by atoms with Crippen LogP contribution in [-0.2, 0) is 26.0 Å². The van der Waals surface area contributed by atoms with Crippen LogP contribution in [0.25, 0.3) is 0 Å². The van der Waals surface area contributed by atoms with Crippen LogP contribution in [0.1, 0.15) is 16.7 Å². The molecule has 0 saturated carbocycles. The second-order valence-electron chi connectivity index (χ2n) is 5.30. The maximum Gasteiger partial charge on any atom is 0.416 e. The lowest BCUT2D eigenvalue weighted by Gasteiger charge is -2.32. The van der Waals surface area contributed by atoms with Gasteiger partial charge in [0.25, 0.3) is 0 Å². The van der Waals surface area contributed by atoms with Gasteiger partial charge in [-0.25, -0.2) is 9.59 Å². The molecule has 0 aliphatic heterocycles. The Hall–Kier alpha value is -3.03. The number of amides is 1. The summed E-state index contributed by atoms with van der Waals surface area (Å²) in [4.78, 5) is 24.6. The van der Waals surface area contributed by atoms with Gasteiger partial charge in [-0.2, -0.15) is 13.2 Å². The van der Waals surface area contributed by atoms with Crippen molar-refractivity contribution in [2.45, 2.75) is 11.7 Å². The molecule has 8 heteroatoms. The number of esters is 1. The molecule has 0 heterocycles. The molecule has 0 radical (unpaired) electrons. The predicted octanol–water partition coefficient (Wildman–Crippen LogP) is 3.48. The molecule has 0 aliphatic rings. The Balaban J connectivity index is 2.69. The number of halogens is 3.